The second-order valence-electron chi connectivity index (χ2n) is 3.90. The van der Waals surface area contributed by atoms with Crippen LogP contribution in [0.15, 0.2) is 36.9 Å². The van der Waals surface area contributed by atoms with Crippen LogP contribution in [0.25, 0.3) is 0 Å². The summed E-state index contributed by atoms with van der Waals surface area (Å²) in [6.45, 7) is 3.83. The van der Waals surface area contributed by atoms with Crippen LogP contribution in [0.3, 0.4) is 0 Å². The summed E-state index contributed by atoms with van der Waals surface area (Å²) < 4.78 is 10.0. The minimum absolute atomic E-state index is 0.0978. The third-order valence-corrected chi connectivity index (χ3v) is 2.49. The van der Waals surface area contributed by atoms with Crippen LogP contribution in [0.1, 0.15) is 10.4 Å². The number of carboxylic acids is 1. The molecule has 1 rings (SSSR count). The fourth-order valence-corrected chi connectivity index (χ4v) is 1.42. The molecule has 0 heterocycles. The van der Waals surface area contributed by atoms with E-state index in [1.54, 1.807) is 30.3 Å². The molecule has 1 amide bonds. The van der Waals surface area contributed by atoms with Gasteiger partial charge >= 0.3 is 5.97 Å². The van der Waals surface area contributed by atoms with Crippen LogP contribution >= 0.6 is 0 Å². The molecule has 1 aromatic rings. The van der Waals surface area contributed by atoms with Crippen molar-refractivity contribution in [2.45, 2.75) is 6.10 Å². The second kappa shape index (κ2) is 7.96. The fraction of sp³-hybridized carbons (Fsp3) is 0.286. The topological polar surface area (TPSA) is 84.9 Å². The Kier molecular flexibility index (Phi) is 6.25. The molecule has 6 heteroatoms. The van der Waals surface area contributed by atoms with Gasteiger partial charge in [0.25, 0.3) is 5.91 Å². The van der Waals surface area contributed by atoms with E-state index in [9.17, 15) is 9.59 Å². The molecule has 0 fully saturated rings. The maximum atomic E-state index is 11.8. The van der Waals surface area contributed by atoms with E-state index in [2.05, 4.69) is 11.9 Å². The Labute approximate surface area is 117 Å². The second-order valence-corrected chi connectivity index (χ2v) is 3.90. The molecule has 0 aliphatic heterocycles. The third-order valence-electron chi connectivity index (χ3n) is 2.49. The van der Waals surface area contributed by atoms with E-state index in [1.807, 2.05) is 0 Å². The minimum atomic E-state index is -1.12. The van der Waals surface area contributed by atoms with Crippen LogP contribution < -0.4 is 10.1 Å². The Morgan fingerprint density at radius 3 is 2.55 bits per heavy atom. The quantitative estimate of drug-likeness (QED) is 0.696. The highest BCUT2D eigenvalue weighted by molar-refractivity contribution is 5.94. The SMILES string of the molecule is C=CCOc1ccc(C(=O)NCC(OC)C(=O)O)cc1. The van der Waals surface area contributed by atoms with Crippen LogP contribution in [0.4, 0.5) is 0 Å². The number of aliphatic carboxylic acids is 1. The molecule has 0 saturated heterocycles. The Bertz CT molecular complexity index is 469. The monoisotopic (exact) mass is 279 g/mol. The molecule has 20 heavy (non-hydrogen) atoms. The van der Waals surface area contributed by atoms with E-state index in [-0.39, 0.29) is 12.5 Å². The number of carboxylic acid groups (broad SMARTS) is 1. The predicted molar refractivity (Wildman–Crippen MR) is 72.9 cm³/mol. The molecule has 0 saturated carbocycles. The first-order valence-corrected chi connectivity index (χ1v) is 5.96. The van der Waals surface area contributed by atoms with E-state index >= 15 is 0 Å². The first-order chi connectivity index (χ1) is 9.58. The van der Waals surface area contributed by atoms with Gasteiger partial charge in [0.05, 0.1) is 6.54 Å². The lowest BCUT2D eigenvalue weighted by Crippen LogP contribution is -2.37. The highest BCUT2D eigenvalue weighted by atomic mass is 16.5. The van der Waals surface area contributed by atoms with E-state index in [0.717, 1.165) is 0 Å². The number of amides is 1. The van der Waals surface area contributed by atoms with Gasteiger partial charge in [0.1, 0.15) is 12.4 Å². The fourth-order valence-electron chi connectivity index (χ4n) is 1.42. The summed E-state index contributed by atoms with van der Waals surface area (Å²) in [7, 11) is 1.27. The molecule has 0 radical (unpaired) electrons. The lowest BCUT2D eigenvalue weighted by Gasteiger charge is -2.11. The number of methoxy groups -OCH3 is 1. The van der Waals surface area contributed by atoms with E-state index in [1.165, 1.54) is 7.11 Å². The zero-order valence-corrected chi connectivity index (χ0v) is 11.2. The van der Waals surface area contributed by atoms with Gasteiger partial charge in [0, 0.05) is 12.7 Å². The highest BCUT2D eigenvalue weighted by Crippen LogP contribution is 2.12. The summed E-state index contributed by atoms with van der Waals surface area (Å²) in [5, 5.41) is 11.3. The maximum absolute atomic E-state index is 11.8. The van der Waals surface area contributed by atoms with Crippen molar-refractivity contribution in [3.05, 3.63) is 42.5 Å². The van der Waals surface area contributed by atoms with Gasteiger partial charge in [-0.15, -0.1) is 0 Å². The van der Waals surface area contributed by atoms with Crippen molar-refractivity contribution in [1.82, 2.24) is 5.32 Å². The number of ether oxygens (including phenoxy) is 2. The zero-order valence-electron chi connectivity index (χ0n) is 11.2. The van der Waals surface area contributed by atoms with Crippen LogP contribution in [0.2, 0.25) is 0 Å². The van der Waals surface area contributed by atoms with Crippen molar-refractivity contribution in [2.75, 3.05) is 20.3 Å². The third kappa shape index (κ3) is 4.74. The number of nitrogens with one attached hydrogen (secondary N) is 1. The van der Waals surface area contributed by atoms with Crippen molar-refractivity contribution >= 4 is 11.9 Å². The predicted octanol–water partition coefficient (Wildman–Crippen LogP) is 1.08. The van der Waals surface area contributed by atoms with E-state index in [0.29, 0.717) is 17.9 Å². The van der Waals surface area contributed by atoms with Gasteiger partial charge in [-0.05, 0) is 24.3 Å². The molecular weight excluding hydrogens is 262 g/mol. The summed E-state index contributed by atoms with van der Waals surface area (Å²) in [5.41, 5.74) is 0.413. The zero-order chi connectivity index (χ0) is 15.0. The van der Waals surface area contributed by atoms with Gasteiger partial charge in [-0.2, -0.15) is 0 Å². The van der Waals surface area contributed by atoms with Gasteiger partial charge in [0.2, 0.25) is 0 Å². The van der Waals surface area contributed by atoms with Gasteiger partial charge in [-0.1, -0.05) is 12.7 Å². The summed E-state index contributed by atoms with van der Waals surface area (Å²) in [6.07, 6.45) is 0.561. The molecule has 2 N–H and O–H groups in total. The Morgan fingerprint density at radius 1 is 1.40 bits per heavy atom. The Hall–Kier alpha value is -2.34. The largest absolute Gasteiger partial charge is 0.490 e. The van der Waals surface area contributed by atoms with Crippen LogP contribution in [0.5, 0.6) is 5.75 Å². The highest BCUT2D eigenvalue weighted by Gasteiger charge is 2.17. The lowest BCUT2D eigenvalue weighted by atomic mass is 10.2. The smallest absolute Gasteiger partial charge is 0.334 e. The van der Waals surface area contributed by atoms with Crippen molar-refractivity contribution in [2.24, 2.45) is 0 Å². The van der Waals surface area contributed by atoms with E-state index in [4.69, 9.17) is 14.6 Å². The van der Waals surface area contributed by atoms with Gasteiger partial charge in [-0.25, -0.2) is 4.79 Å². The molecule has 0 aliphatic carbocycles. The molecule has 0 spiro atoms. The molecule has 108 valence electrons. The maximum Gasteiger partial charge on any atom is 0.334 e. The average Bonchev–Trinajstić information content (AvgIpc) is 2.45. The number of rotatable bonds is 8. The standard InChI is InChI=1S/C14H17NO5/c1-3-8-20-11-6-4-10(5-7-11)13(16)15-9-12(19-2)14(17)18/h3-7,12H,1,8-9H2,2H3,(H,15,16)(H,17,18). The number of benzene rings is 1. The first kappa shape index (κ1) is 15.7. The summed E-state index contributed by atoms with van der Waals surface area (Å²) >= 11 is 0. The van der Waals surface area contributed by atoms with Crippen molar-refractivity contribution in [3.8, 4) is 5.75 Å². The Morgan fingerprint density at radius 2 is 2.05 bits per heavy atom. The number of carbonyl (C=O) groups is 2. The molecule has 1 aromatic carbocycles. The summed E-state index contributed by atoms with van der Waals surface area (Å²) in [4.78, 5) is 22.5. The van der Waals surface area contributed by atoms with Crippen LogP contribution in [-0.4, -0.2) is 43.3 Å². The number of hydrogen-bond acceptors (Lipinski definition) is 4. The molecule has 6 nitrogen and oxygen atoms in total. The number of carbonyl (C=O) groups excluding carboxylic acids is 1. The van der Waals surface area contributed by atoms with E-state index < -0.39 is 12.1 Å². The normalized spacial score (nSPS) is 11.4. The van der Waals surface area contributed by atoms with Crippen LogP contribution in [-0.2, 0) is 9.53 Å². The summed E-state index contributed by atoms with van der Waals surface area (Å²) in [6, 6.07) is 6.50. The van der Waals surface area contributed by atoms with Gasteiger partial charge in [0.15, 0.2) is 6.10 Å². The Balaban J connectivity index is 2.55. The van der Waals surface area contributed by atoms with Crippen LogP contribution in [0, 0.1) is 0 Å². The van der Waals surface area contributed by atoms with Crippen molar-refractivity contribution in [3.63, 3.8) is 0 Å². The molecule has 1 atom stereocenters. The molecule has 0 aromatic heterocycles. The first-order valence-electron chi connectivity index (χ1n) is 5.96. The minimum Gasteiger partial charge on any atom is -0.490 e. The summed E-state index contributed by atoms with van der Waals surface area (Å²) in [5.74, 6) is -0.869. The lowest BCUT2D eigenvalue weighted by molar-refractivity contribution is -0.148. The molecule has 0 aliphatic rings. The average molecular weight is 279 g/mol. The molecule has 1 unspecified atom stereocenters. The number of hydrogen-bond donors (Lipinski definition) is 2. The molecule has 0 bridgehead atoms. The van der Waals surface area contributed by atoms with Gasteiger partial charge < -0.3 is 19.9 Å². The van der Waals surface area contributed by atoms with Crippen molar-refractivity contribution < 1.29 is 24.2 Å². The van der Waals surface area contributed by atoms with Gasteiger partial charge in [-0.3, -0.25) is 4.79 Å². The molecular formula is C14H17NO5. The van der Waals surface area contributed by atoms with Crippen molar-refractivity contribution in [1.29, 1.82) is 0 Å².